The first kappa shape index (κ1) is 28.6. The minimum absolute atomic E-state index is 0.0305. The smallest absolute Gasteiger partial charge is 0.345 e. The Hall–Kier alpha value is -3.42. The van der Waals surface area contributed by atoms with Crippen molar-refractivity contribution in [2.45, 2.75) is 11.4 Å². The first-order valence-corrected chi connectivity index (χ1v) is 15.2. The van der Waals surface area contributed by atoms with Crippen molar-refractivity contribution in [3.05, 3.63) is 106 Å². The molecule has 4 aromatic carbocycles. The summed E-state index contributed by atoms with van der Waals surface area (Å²) in [6, 6.07) is 21.5. The summed E-state index contributed by atoms with van der Waals surface area (Å²) in [5.74, 6) is -0.383. The van der Waals surface area contributed by atoms with Crippen LogP contribution in [-0.2, 0) is 21.1 Å². The highest BCUT2D eigenvalue weighted by atomic mass is 35.5. The van der Waals surface area contributed by atoms with Gasteiger partial charge in [0.05, 0.1) is 22.2 Å². The van der Waals surface area contributed by atoms with Crippen LogP contribution in [0.15, 0.2) is 83.8 Å². The molecule has 200 valence electrons. The molecule has 1 amide bonds. The van der Waals surface area contributed by atoms with Gasteiger partial charge in [-0.2, -0.15) is 5.26 Å². The van der Waals surface area contributed by atoms with Crippen molar-refractivity contribution >= 4 is 63.2 Å². The Kier molecular flexibility index (Phi) is 8.33. The predicted molar refractivity (Wildman–Crippen MR) is 149 cm³/mol. The van der Waals surface area contributed by atoms with Crippen LogP contribution in [0.5, 0.6) is 0 Å². The number of nitrogens with one attached hydrogen (secondary N) is 1. The minimum atomic E-state index is -4.86. The van der Waals surface area contributed by atoms with Gasteiger partial charge in [0.2, 0.25) is 0 Å². The normalized spacial score (nSPS) is 11.7. The van der Waals surface area contributed by atoms with E-state index in [1.165, 1.54) is 24.3 Å². The van der Waals surface area contributed by atoms with Gasteiger partial charge in [0, 0.05) is 22.2 Å². The third kappa shape index (κ3) is 6.78. The highest BCUT2D eigenvalue weighted by Crippen LogP contribution is 2.40. The van der Waals surface area contributed by atoms with E-state index in [1.807, 2.05) is 6.07 Å². The molecule has 0 aliphatic carbocycles. The van der Waals surface area contributed by atoms with E-state index >= 15 is 0 Å². The lowest BCUT2D eigenvalue weighted by molar-refractivity contribution is 0.0952. The molecule has 0 aliphatic heterocycles. The molecule has 13 heteroatoms. The minimum Gasteiger partial charge on any atom is -0.348 e. The molecule has 0 bridgehead atoms. The molecule has 9 nitrogen and oxygen atoms in total. The Balaban J connectivity index is 1.69. The number of carbonyl (C=O) groups excluding carboxylic acids is 1. The van der Waals surface area contributed by atoms with Crippen LogP contribution in [0.2, 0.25) is 10.0 Å². The summed E-state index contributed by atoms with van der Waals surface area (Å²) in [5, 5.41) is 12.8. The average Bonchev–Trinajstić information content (AvgIpc) is 2.89. The number of amides is 1. The number of hydrogen-bond acceptors (Lipinski definition) is 5. The van der Waals surface area contributed by atoms with Gasteiger partial charge in [0.15, 0.2) is 0 Å². The maximum absolute atomic E-state index is 13.5. The molecule has 0 spiro atoms. The third-order valence-electron chi connectivity index (χ3n) is 5.67. The number of carbonyl (C=O) groups is 1. The summed E-state index contributed by atoms with van der Waals surface area (Å²) in [5.41, 5.74) is 1.59. The Morgan fingerprint density at radius 2 is 1.64 bits per heavy atom. The summed E-state index contributed by atoms with van der Waals surface area (Å²) in [6.45, 7) is 0.218. The fourth-order valence-electron chi connectivity index (χ4n) is 3.87. The van der Waals surface area contributed by atoms with Gasteiger partial charge in [0.25, 0.3) is 15.9 Å². The highest BCUT2D eigenvalue weighted by Gasteiger charge is 2.32. The molecule has 0 aliphatic rings. The van der Waals surface area contributed by atoms with Crippen molar-refractivity contribution in [2.24, 2.45) is 0 Å². The summed E-state index contributed by atoms with van der Waals surface area (Å²) in [7, 11) is -9.36. The number of hydrogen-bond donors (Lipinski definition) is 3. The van der Waals surface area contributed by atoms with Gasteiger partial charge in [0.1, 0.15) is 6.29 Å². The van der Waals surface area contributed by atoms with Gasteiger partial charge < -0.3 is 15.1 Å². The largest absolute Gasteiger partial charge is 0.348 e. The van der Waals surface area contributed by atoms with E-state index in [0.717, 1.165) is 17.7 Å². The van der Waals surface area contributed by atoms with Gasteiger partial charge in [-0.1, -0.05) is 53.5 Å². The molecule has 4 aromatic rings. The molecule has 3 N–H and O–H groups in total. The zero-order valence-corrected chi connectivity index (χ0v) is 23.2. The highest BCUT2D eigenvalue weighted by molar-refractivity contribution is 7.93. The summed E-state index contributed by atoms with van der Waals surface area (Å²) < 4.78 is 39.5. The van der Waals surface area contributed by atoms with E-state index in [4.69, 9.17) is 28.5 Å². The zero-order valence-electron chi connectivity index (χ0n) is 20.0. The number of sulfonamides is 1. The number of nitriles is 1. The predicted octanol–water partition coefficient (Wildman–Crippen LogP) is 5.28. The molecule has 0 radical (unpaired) electrons. The summed E-state index contributed by atoms with van der Waals surface area (Å²) in [4.78, 5) is 32.0. The van der Waals surface area contributed by atoms with Crippen LogP contribution >= 0.6 is 30.8 Å². The molecule has 0 saturated heterocycles. The summed E-state index contributed by atoms with van der Waals surface area (Å²) >= 11 is 11.9. The van der Waals surface area contributed by atoms with Crippen LogP contribution in [0, 0.1) is 11.3 Å². The lowest BCUT2D eigenvalue weighted by Crippen LogP contribution is -2.32. The number of fused-ring (bicyclic) bond motifs is 1. The third-order valence-corrected chi connectivity index (χ3v) is 8.70. The molecule has 0 fully saturated rings. The fraction of sp³-hybridized carbons (Fsp3) is 0.0769. The van der Waals surface area contributed by atoms with Crippen LogP contribution in [0.1, 0.15) is 21.5 Å². The van der Waals surface area contributed by atoms with Gasteiger partial charge in [-0.3, -0.25) is 13.7 Å². The van der Waals surface area contributed by atoms with Crippen molar-refractivity contribution < 1.29 is 27.6 Å². The van der Waals surface area contributed by atoms with Crippen LogP contribution in [0.3, 0.4) is 0 Å². The quantitative estimate of drug-likeness (QED) is 0.232. The van der Waals surface area contributed by atoms with Crippen LogP contribution < -0.4 is 9.62 Å². The van der Waals surface area contributed by atoms with Crippen molar-refractivity contribution in [1.29, 1.82) is 5.26 Å². The Morgan fingerprint density at radius 1 is 0.974 bits per heavy atom. The van der Waals surface area contributed by atoms with Crippen LogP contribution in [0.25, 0.3) is 10.8 Å². The number of benzene rings is 4. The van der Waals surface area contributed by atoms with Gasteiger partial charge in [-0.15, -0.1) is 0 Å². The monoisotopic (exact) mass is 603 g/mol. The molecule has 0 aromatic heterocycles. The van der Waals surface area contributed by atoms with Gasteiger partial charge >= 0.3 is 7.60 Å². The number of anilines is 1. The Labute approximate surface area is 234 Å². The van der Waals surface area contributed by atoms with Gasteiger partial charge in [-0.25, -0.2) is 8.42 Å². The molecule has 39 heavy (non-hydrogen) atoms. The molecule has 0 atom stereocenters. The second-order valence-electron chi connectivity index (χ2n) is 8.47. The van der Waals surface area contributed by atoms with E-state index in [-0.39, 0.29) is 33.1 Å². The zero-order chi connectivity index (χ0) is 28.4. The van der Waals surface area contributed by atoms with Crippen LogP contribution in [0.4, 0.5) is 5.69 Å². The standard InChI is InChI=1S/C26H20Cl2N3O6PS/c27-20-11-21(28)13-23(12-20)39(36,37)31(16-38(33,34)35)22-8-9-24-19(10-22)2-1-3-25(24)26(32)30-15-18-6-4-17(14-29)5-7-18/h1-13H,15-16H2,(H,30,32)(H2,33,34,35). The first-order chi connectivity index (χ1) is 18.4. The van der Waals surface area contributed by atoms with Crippen molar-refractivity contribution in [1.82, 2.24) is 5.32 Å². The van der Waals surface area contributed by atoms with Gasteiger partial charge in [-0.05, 0) is 64.9 Å². The lowest BCUT2D eigenvalue weighted by Gasteiger charge is -2.25. The van der Waals surface area contributed by atoms with E-state index in [0.29, 0.717) is 26.2 Å². The van der Waals surface area contributed by atoms with E-state index < -0.39 is 23.9 Å². The molecule has 0 unspecified atom stereocenters. The lowest BCUT2D eigenvalue weighted by atomic mass is 10.0. The van der Waals surface area contributed by atoms with Crippen molar-refractivity contribution in [3.63, 3.8) is 0 Å². The SMILES string of the molecule is N#Cc1ccc(CNC(=O)c2cccc3cc(N(CP(=O)(O)O)S(=O)(=O)c4cc(Cl)cc(Cl)c4)ccc23)cc1. The topological polar surface area (TPSA) is 148 Å². The van der Waals surface area contributed by atoms with E-state index in [9.17, 15) is 27.6 Å². The number of nitrogens with zero attached hydrogens (tertiary/aromatic N) is 2. The number of rotatable bonds is 8. The Bertz CT molecular complexity index is 1750. The molecule has 0 heterocycles. The van der Waals surface area contributed by atoms with Crippen molar-refractivity contribution in [3.8, 4) is 6.07 Å². The average molecular weight is 604 g/mol. The molecular formula is C26H20Cl2N3O6PS. The van der Waals surface area contributed by atoms with E-state index in [1.54, 1.807) is 42.5 Å². The number of halogens is 2. The molecular weight excluding hydrogens is 584 g/mol. The fourth-order valence-corrected chi connectivity index (χ4v) is 7.28. The maximum Gasteiger partial charge on any atom is 0.345 e. The van der Waals surface area contributed by atoms with Crippen molar-refractivity contribution in [2.75, 3.05) is 10.6 Å². The van der Waals surface area contributed by atoms with E-state index in [2.05, 4.69) is 5.32 Å². The second kappa shape index (κ2) is 11.4. The maximum atomic E-state index is 13.5. The Morgan fingerprint density at radius 3 is 2.26 bits per heavy atom. The second-order valence-corrected chi connectivity index (χ2v) is 12.8. The van der Waals surface area contributed by atoms with Crippen LogP contribution in [-0.4, -0.2) is 30.4 Å². The first-order valence-electron chi connectivity index (χ1n) is 11.2. The molecule has 0 saturated carbocycles. The molecule has 4 rings (SSSR count). The summed E-state index contributed by atoms with van der Waals surface area (Å²) in [6.07, 6.45) is -1.13.